The molecule has 31 heavy (non-hydrogen) atoms. The summed E-state index contributed by atoms with van der Waals surface area (Å²) in [5, 5.41) is 0. The molecule has 2 aliphatic rings. The fourth-order valence-corrected chi connectivity index (χ4v) is 4.97. The molecule has 3 heterocycles. The van der Waals surface area contributed by atoms with Gasteiger partial charge in [-0.05, 0) is 24.2 Å². The summed E-state index contributed by atoms with van der Waals surface area (Å²) in [7, 11) is 0.0198. The first kappa shape index (κ1) is 22.0. The summed E-state index contributed by atoms with van der Waals surface area (Å²) in [6, 6.07) is 5.66. The molecule has 1 aromatic heterocycles. The molecule has 1 N–H and O–H groups in total. The lowest BCUT2D eigenvalue weighted by molar-refractivity contribution is -0.0349. The average molecular weight is 462 g/mol. The lowest BCUT2D eigenvalue weighted by atomic mass is 9.93. The third kappa shape index (κ3) is 4.27. The first-order valence-corrected chi connectivity index (χ1v) is 11.3. The van der Waals surface area contributed by atoms with Crippen molar-refractivity contribution in [2.75, 3.05) is 13.7 Å². The van der Waals surface area contributed by atoms with Crippen molar-refractivity contribution in [2.24, 2.45) is 11.8 Å². The maximum Gasteiger partial charge on any atom is 0.397 e. The number of methoxy groups -OCH3 is 1. The Hall–Kier alpha value is -2.21. The van der Waals surface area contributed by atoms with Crippen molar-refractivity contribution in [3.8, 4) is 23.8 Å². The minimum Gasteiger partial charge on any atom is -0.493 e. The summed E-state index contributed by atoms with van der Waals surface area (Å²) in [5.74, 6) is 3.94. The van der Waals surface area contributed by atoms with E-state index in [4.69, 9.17) is 41.7 Å². The molecule has 0 amide bonds. The number of benzene rings is 1. The molecule has 0 radical (unpaired) electrons. The summed E-state index contributed by atoms with van der Waals surface area (Å²) in [4.78, 5) is 14.5. The zero-order chi connectivity index (χ0) is 22.1. The molecule has 2 aromatic rings. The van der Waals surface area contributed by atoms with Crippen LogP contribution in [0.15, 0.2) is 29.2 Å². The number of nitrogens with zero attached hydrogens (tertiary/aromatic N) is 1. The van der Waals surface area contributed by atoms with Gasteiger partial charge in [-0.3, -0.25) is 23.4 Å². The predicted molar refractivity (Wildman–Crippen MR) is 117 cm³/mol. The van der Waals surface area contributed by atoms with E-state index in [1.165, 1.54) is 0 Å². The van der Waals surface area contributed by atoms with Gasteiger partial charge in [0.1, 0.15) is 11.8 Å². The van der Waals surface area contributed by atoms with Gasteiger partial charge in [0.25, 0.3) is 5.56 Å². The largest absolute Gasteiger partial charge is 0.493 e. The first-order chi connectivity index (χ1) is 14.9. The van der Waals surface area contributed by atoms with Crippen molar-refractivity contribution in [3.63, 3.8) is 0 Å². The number of fused-ring (bicyclic) bond motifs is 1. The molecular weight excluding hydrogens is 439 g/mol. The summed E-state index contributed by atoms with van der Waals surface area (Å²) in [5.41, 5.74) is 0.738. The monoisotopic (exact) mass is 462 g/mol. The molecule has 0 aliphatic carbocycles. The molecule has 164 valence electrons. The lowest BCUT2D eigenvalue weighted by Gasteiger charge is -2.26. The van der Waals surface area contributed by atoms with Crippen LogP contribution in [0.1, 0.15) is 31.2 Å². The standard InChI is InChI=1S/C21H23N2O6PS/c1-5-14-9-23(21(31)22-19(14)24)20-13(3)12(2)17(28-20)11-27-30-26-10-15-7-6-8-16(25-4)18(15)29-30/h1,6-9,12-13,17,20H,10-11H2,2-4H3,(H,22,24,31). The van der Waals surface area contributed by atoms with Crippen molar-refractivity contribution in [1.29, 1.82) is 0 Å². The van der Waals surface area contributed by atoms with Crippen LogP contribution in [0, 0.1) is 29.0 Å². The Morgan fingerprint density at radius 1 is 1.39 bits per heavy atom. The van der Waals surface area contributed by atoms with Crippen LogP contribution in [-0.2, 0) is 20.4 Å². The number of para-hydroxylation sites is 1. The highest BCUT2D eigenvalue weighted by atomic mass is 32.1. The van der Waals surface area contributed by atoms with Gasteiger partial charge >= 0.3 is 8.60 Å². The van der Waals surface area contributed by atoms with Crippen LogP contribution >= 0.6 is 20.8 Å². The smallest absolute Gasteiger partial charge is 0.397 e. The number of ether oxygens (including phenoxy) is 2. The minimum absolute atomic E-state index is 0.110. The number of H-pyrrole nitrogens is 1. The molecule has 5 unspecified atom stereocenters. The van der Waals surface area contributed by atoms with Gasteiger partial charge in [0.15, 0.2) is 16.3 Å². The maximum absolute atomic E-state index is 11.9. The molecule has 10 heteroatoms. The van der Waals surface area contributed by atoms with Crippen LogP contribution in [0.3, 0.4) is 0 Å². The summed E-state index contributed by atoms with van der Waals surface area (Å²) < 4.78 is 31.2. The Morgan fingerprint density at radius 3 is 2.94 bits per heavy atom. The second-order valence-electron chi connectivity index (χ2n) is 7.47. The fraction of sp³-hybridized carbons (Fsp3) is 0.429. The van der Waals surface area contributed by atoms with E-state index in [1.807, 2.05) is 18.2 Å². The second kappa shape index (κ2) is 9.11. The molecule has 0 saturated carbocycles. The van der Waals surface area contributed by atoms with E-state index in [1.54, 1.807) is 17.9 Å². The van der Waals surface area contributed by atoms with E-state index in [0.717, 1.165) is 5.56 Å². The van der Waals surface area contributed by atoms with Crippen LogP contribution in [0.25, 0.3) is 0 Å². The Bertz CT molecular complexity index is 1110. The minimum atomic E-state index is -1.58. The van der Waals surface area contributed by atoms with Crippen molar-refractivity contribution in [2.45, 2.75) is 32.8 Å². The van der Waals surface area contributed by atoms with Gasteiger partial charge in [-0.2, -0.15) is 0 Å². The van der Waals surface area contributed by atoms with Crippen molar-refractivity contribution in [3.05, 3.63) is 50.6 Å². The number of aromatic nitrogens is 2. The number of hydrogen-bond acceptors (Lipinski definition) is 7. The van der Waals surface area contributed by atoms with Gasteiger partial charge in [-0.1, -0.05) is 31.9 Å². The van der Waals surface area contributed by atoms with Gasteiger partial charge in [0.05, 0.1) is 26.4 Å². The number of rotatable bonds is 5. The van der Waals surface area contributed by atoms with Gasteiger partial charge < -0.3 is 14.0 Å². The third-order valence-electron chi connectivity index (χ3n) is 5.69. The molecule has 4 rings (SSSR count). The molecule has 5 atom stereocenters. The first-order valence-electron chi connectivity index (χ1n) is 9.80. The maximum atomic E-state index is 11.9. The zero-order valence-electron chi connectivity index (χ0n) is 17.4. The van der Waals surface area contributed by atoms with Crippen molar-refractivity contribution < 1.29 is 23.0 Å². The van der Waals surface area contributed by atoms with Gasteiger partial charge in [-0.15, -0.1) is 6.42 Å². The highest BCUT2D eigenvalue weighted by molar-refractivity contribution is 7.71. The van der Waals surface area contributed by atoms with Crippen molar-refractivity contribution >= 4 is 20.8 Å². The zero-order valence-corrected chi connectivity index (χ0v) is 19.1. The molecular formula is C21H23N2O6PS. The van der Waals surface area contributed by atoms with Crippen LogP contribution in [-0.4, -0.2) is 29.4 Å². The van der Waals surface area contributed by atoms with E-state index in [0.29, 0.717) is 18.1 Å². The van der Waals surface area contributed by atoms with E-state index in [-0.39, 0.29) is 46.7 Å². The van der Waals surface area contributed by atoms with Crippen LogP contribution in [0.2, 0.25) is 0 Å². The summed E-state index contributed by atoms with van der Waals surface area (Å²) in [6.45, 7) is 4.83. The number of hydrogen-bond donors (Lipinski definition) is 1. The number of aromatic amines is 1. The van der Waals surface area contributed by atoms with Crippen LogP contribution < -0.4 is 14.8 Å². The van der Waals surface area contributed by atoms with E-state index >= 15 is 0 Å². The quantitative estimate of drug-likeness (QED) is 0.410. The highest BCUT2D eigenvalue weighted by Crippen LogP contribution is 2.51. The van der Waals surface area contributed by atoms with Gasteiger partial charge in [-0.25, -0.2) is 0 Å². The number of nitrogens with one attached hydrogen (secondary N) is 1. The van der Waals surface area contributed by atoms with Crippen LogP contribution in [0.5, 0.6) is 11.5 Å². The summed E-state index contributed by atoms with van der Waals surface area (Å²) in [6.07, 6.45) is 6.41. The highest BCUT2D eigenvalue weighted by Gasteiger charge is 2.41. The van der Waals surface area contributed by atoms with E-state index in [2.05, 4.69) is 24.8 Å². The van der Waals surface area contributed by atoms with Gasteiger partial charge in [0.2, 0.25) is 0 Å². The lowest BCUT2D eigenvalue weighted by Crippen LogP contribution is -2.22. The molecule has 1 saturated heterocycles. The third-order valence-corrected chi connectivity index (χ3v) is 7.04. The normalized spacial score (nSPS) is 27.2. The van der Waals surface area contributed by atoms with Crippen LogP contribution in [0.4, 0.5) is 0 Å². The molecule has 2 aliphatic heterocycles. The molecule has 0 spiro atoms. The fourth-order valence-electron chi connectivity index (χ4n) is 3.67. The Labute approximate surface area is 186 Å². The average Bonchev–Trinajstić information content (AvgIpc) is 3.05. The molecule has 8 nitrogen and oxygen atoms in total. The Balaban J connectivity index is 1.45. The molecule has 1 fully saturated rings. The Kier molecular flexibility index (Phi) is 6.47. The number of terminal acetylenes is 1. The second-order valence-corrected chi connectivity index (χ2v) is 9.00. The Morgan fingerprint density at radius 2 is 2.19 bits per heavy atom. The van der Waals surface area contributed by atoms with Gasteiger partial charge in [0, 0.05) is 17.7 Å². The van der Waals surface area contributed by atoms with Crippen molar-refractivity contribution in [1.82, 2.24) is 9.55 Å². The predicted octanol–water partition coefficient (Wildman–Crippen LogP) is 3.92. The van der Waals surface area contributed by atoms with E-state index < -0.39 is 8.60 Å². The topological polar surface area (TPSA) is 83.9 Å². The van der Waals surface area contributed by atoms with E-state index in [9.17, 15) is 4.79 Å². The molecule has 1 aromatic carbocycles. The SMILES string of the molecule is C#Cc1cn(C2OC(COP3OCc4cccc(OC)c4O3)C(C)C2C)c(=S)[nH]c1=O. The molecule has 0 bridgehead atoms. The summed E-state index contributed by atoms with van der Waals surface area (Å²) >= 11 is 5.32.